The third-order valence-electron chi connectivity index (χ3n) is 3.38. The zero-order valence-electron chi connectivity index (χ0n) is 13.3. The Labute approximate surface area is 153 Å². The second-order valence-corrected chi connectivity index (χ2v) is 6.29. The highest BCUT2D eigenvalue weighted by Crippen LogP contribution is 2.31. The fourth-order valence-electron chi connectivity index (χ4n) is 2.21. The van der Waals surface area contributed by atoms with Crippen LogP contribution in [-0.2, 0) is 0 Å². The third kappa shape index (κ3) is 4.82. The monoisotopic (exact) mass is 355 g/mol. The summed E-state index contributed by atoms with van der Waals surface area (Å²) in [6.07, 6.45) is 0. The van der Waals surface area contributed by atoms with Crippen LogP contribution in [0.5, 0.6) is 0 Å². The Bertz CT molecular complexity index is 781. The Morgan fingerprint density at radius 2 is 2.00 bits per heavy atom. The molecule has 1 atom stereocenters. The molecule has 5 heteroatoms. The van der Waals surface area contributed by atoms with Crippen LogP contribution < -0.4 is 10.6 Å². The number of rotatable bonds is 5. The van der Waals surface area contributed by atoms with Gasteiger partial charge in [0.2, 0.25) is 0 Å². The molecule has 24 heavy (non-hydrogen) atoms. The summed E-state index contributed by atoms with van der Waals surface area (Å²) < 4.78 is 0. The summed E-state index contributed by atoms with van der Waals surface area (Å²) in [5.41, 5.74) is 3.46. The van der Waals surface area contributed by atoms with Gasteiger partial charge in [-0.3, -0.25) is 0 Å². The van der Waals surface area contributed by atoms with Crippen molar-refractivity contribution in [2.75, 3.05) is 11.9 Å². The highest BCUT2D eigenvalue weighted by atomic mass is 35.5. The largest absolute Gasteiger partial charge is 0.359 e. The Morgan fingerprint density at radius 1 is 1.29 bits per heavy atom. The van der Waals surface area contributed by atoms with Gasteiger partial charge in [-0.15, -0.1) is 0 Å². The van der Waals surface area contributed by atoms with Crippen molar-refractivity contribution in [3.8, 4) is 6.07 Å². The summed E-state index contributed by atoms with van der Waals surface area (Å²) in [6.45, 7) is 6.35. The number of hydrogen-bond acceptors (Lipinski definition) is 2. The first-order chi connectivity index (χ1) is 11.5. The molecule has 0 saturated carbocycles. The first-order valence-corrected chi connectivity index (χ1v) is 8.23. The molecule has 0 aromatic heterocycles. The summed E-state index contributed by atoms with van der Waals surface area (Å²) >= 11 is 11.6. The summed E-state index contributed by atoms with van der Waals surface area (Å²) in [6, 6.07) is 17.4. The summed E-state index contributed by atoms with van der Waals surface area (Å²) in [5, 5.41) is 16.7. The Morgan fingerprint density at radius 3 is 2.58 bits per heavy atom. The van der Waals surface area contributed by atoms with Crippen molar-refractivity contribution >= 4 is 34.6 Å². The molecule has 0 saturated heterocycles. The summed E-state index contributed by atoms with van der Waals surface area (Å²) in [5.74, 6) is -0.402. The van der Waals surface area contributed by atoms with Crippen LogP contribution in [0, 0.1) is 11.3 Å². The fourth-order valence-corrected chi connectivity index (χ4v) is 2.69. The summed E-state index contributed by atoms with van der Waals surface area (Å²) in [4.78, 5) is 0. The van der Waals surface area contributed by atoms with Gasteiger partial charge in [0.05, 0.1) is 12.0 Å². The SMILES string of the molecule is C=C(C)CNC(=S)Nc1ccc([C@H](C#N)c2ccccc2)c(Cl)c1. The Hall–Kier alpha value is -2.35. The lowest BCUT2D eigenvalue weighted by molar-refractivity contribution is 0.999. The van der Waals surface area contributed by atoms with Gasteiger partial charge >= 0.3 is 0 Å². The van der Waals surface area contributed by atoms with Crippen LogP contribution in [0.15, 0.2) is 60.7 Å². The highest BCUT2D eigenvalue weighted by Gasteiger charge is 2.16. The predicted octanol–water partition coefficient (Wildman–Crippen LogP) is 4.86. The van der Waals surface area contributed by atoms with Gasteiger partial charge in [-0.25, -0.2) is 0 Å². The maximum absolute atomic E-state index is 9.53. The van der Waals surface area contributed by atoms with Crippen LogP contribution >= 0.6 is 23.8 Å². The zero-order chi connectivity index (χ0) is 17.5. The van der Waals surface area contributed by atoms with Gasteiger partial charge in [0.25, 0.3) is 0 Å². The molecule has 122 valence electrons. The van der Waals surface area contributed by atoms with Crippen molar-refractivity contribution in [1.29, 1.82) is 5.26 Å². The molecule has 0 amide bonds. The number of nitrogens with one attached hydrogen (secondary N) is 2. The lowest BCUT2D eigenvalue weighted by Crippen LogP contribution is -2.29. The molecular formula is C19H18ClN3S. The quantitative estimate of drug-likeness (QED) is 0.594. The topological polar surface area (TPSA) is 47.8 Å². The minimum atomic E-state index is -0.402. The molecule has 0 spiro atoms. The number of benzene rings is 2. The van der Waals surface area contributed by atoms with Crippen LogP contribution in [0.3, 0.4) is 0 Å². The molecule has 2 aromatic carbocycles. The maximum atomic E-state index is 9.53. The van der Waals surface area contributed by atoms with E-state index in [2.05, 4.69) is 23.3 Å². The van der Waals surface area contributed by atoms with Crippen molar-refractivity contribution in [1.82, 2.24) is 5.32 Å². The van der Waals surface area contributed by atoms with E-state index in [0.29, 0.717) is 16.7 Å². The number of halogens is 1. The van der Waals surface area contributed by atoms with Crippen LogP contribution in [0.25, 0.3) is 0 Å². The van der Waals surface area contributed by atoms with Gasteiger partial charge in [-0.05, 0) is 42.4 Å². The number of anilines is 1. The number of thiocarbonyl (C=S) groups is 1. The lowest BCUT2D eigenvalue weighted by atomic mass is 9.92. The van der Waals surface area contributed by atoms with Gasteiger partial charge in [-0.1, -0.05) is 60.2 Å². The second-order valence-electron chi connectivity index (χ2n) is 5.47. The molecule has 0 heterocycles. The van der Waals surface area contributed by atoms with E-state index in [9.17, 15) is 5.26 Å². The van der Waals surface area contributed by atoms with Crippen LogP contribution in [0.4, 0.5) is 5.69 Å². The standard InChI is InChI=1S/C19H18ClN3S/c1-13(2)12-22-19(24)23-15-8-9-16(18(20)10-15)17(11-21)14-6-4-3-5-7-14/h3-10,17H,1,12H2,2H3,(H2,22,23,24)/t17-/m1/s1. The van der Waals surface area contributed by atoms with Crippen molar-refractivity contribution < 1.29 is 0 Å². The molecule has 0 aliphatic heterocycles. The molecule has 0 radical (unpaired) electrons. The normalized spacial score (nSPS) is 11.2. The van der Waals surface area contributed by atoms with E-state index in [-0.39, 0.29) is 0 Å². The minimum Gasteiger partial charge on any atom is -0.359 e. The predicted molar refractivity (Wildman–Crippen MR) is 104 cm³/mol. The number of nitrogens with zero attached hydrogens (tertiary/aromatic N) is 1. The van der Waals surface area contributed by atoms with Gasteiger partial charge in [0, 0.05) is 17.3 Å². The molecule has 0 fully saturated rings. The second kappa shape index (κ2) is 8.49. The van der Waals surface area contributed by atoms with Crippen LogP contribution in [0.2, 0.25) is 5.02 Å². The maximum Gasteiger partial charge on any atom is 0.171 e. The first kappa shape index (κ1) is 18.0. The van der Waals surface area contributed by atoms with Crippen LogP contribution in [0.1, 0.15) is 24.0 Å². The van der Waals surface area contributed by atoms with E-state index in [4.69, 9.17) is 23.8 Å². The Kier molecular flexibility index (Phi) is 6.36. The summed E-state index contributed by atoms with van der Waals surface area (Å²) in [7, 11) is 0. The molecule has 0 unspecified atom stereocenters. The molecule has 2 rings (SSSR count). The first-order valence-electron chi connectivity index (χ1n) is 7.44. The average Bonchev–Trinajstić information content (AvgIpc) is 2.56. The van der Waals surface area contributed by atoms with Crippen molar-refractivity contribution in [2.45, 2.75) is 12.8 Å². The smallest absolute Gasteiger partial charge is 0.171 e. The molecule has 0 bridgehead atoms. The van der Waals surface area contributed by atoms with E-state index in [1.165, 1.54) is 0 Å². The molecule has 2 N–H and O–H groups in total. The average molecular weight is 356 g/mol. The molecule has 0 aliphatic carbocycles. The van der Waals surface area contributed by atoms with Crippen molar-refractivity contribution in [2.24, 2.45) is 0 Å². The van der Waals surface area contributed by atoms with Crippen molar-refractivity contribution in [3.05, 3.63) is 76.8 Å². The van der Waals surface area contributed by atoms with E-state index >= 15 is 0 Å². The fraction of sp³-hybridized carbons (Fsp3) is 0.158. The van der Waals surface area contributed by atoms with Gasteiger partial charge in [0.1, 0.15) is 0 Å². The Balaban J connectivity index is 2.16. The van der Waals surface area contributed by atoms with E-state index in [1.807, 2.05) is 49.4 Å². The van der Waals surface area contributed by atoms with Gasteiger partial charge < -0.3 is 10.6 Å². The zero-order valence-corrected chi connectivity index (χ0v) is 14.9. The third-order valence-corrected chi connectivity index (χ3v) is 3.96. The van der Waals surface area contributed by atoms with Crippen LogP contribution in [-0.4, -0.2) is 11.7 Å². The van der Waals surface area contributed by atoms with E-state index in [0.717, 1.165) is 22.4 Å². The van der Waals surface area contributed by atoms with Gasteiger partial charge in [-0.2, -0.15) is 5.26 Å². The van der Waals surface area contributed by atoms with Gasteiger partial charge in [0.15, 0.2) is 5.11 Å². The van der Waals surface area contributed by atoms with E-state index in [1.54, 1.807) is 6.07 Å². The number of hydrogen-bond donors (Lipinski definition) is 2. The minimum absolute atomic E-state index is 0.402. The number of nitriles is 1. The van der Waals surface area contributed by atoms with E-state index < -0.39 is 5.92 Å². The molecule has 3 nitrogen and oxygen atoms in total. The molecule has 0 aliphatic rings. The molecular weight excluding hydrogens is 338 g/mol. The van der Waals surface area contributed by atoms with Crippen molar-refractivity contribution in [3.63, 3.8) is 0 Å². The molecule has 2 aromatic rings. The lowest BCUT2D eigenvalue weighted by Gasteiger charge is -2.15. The highest BCUT2D eigenvalue weighted by molar-refractivity contribution is 7.80.